The standard InChI is InChI=1S/C9H3Br9O3S/c10-7(11,12)3-1-4(8(13,14)15)6(22(19,20)21)5(2-3)9(16,17)18/h1-2H,(H,19,20,21). The molecule has 0 amide bonds. The average molecular weight is 910 g/mol. The van der Waals surface area contributed by atoms with Crippen molar-refractivity contribution in [2.75, 3.05) is 0 Å². The molecule has 13 heteroatoms. The van der Waals surface area contributed by atoms with Gasteiger partial charge in [-0.25, -0.2) is 0 Å². The van der Waals surface area contributed by atoms with E-state index in [-0.39, 0.29) is 16.0 Å². The Morgan fingerprint density at radius 3 is 1.23 bits per heavy atom. The van der Waals surface area contributed by atoms with Gasteiger partial charge in [0, 0.05) is 11.1 Å². The molecule has 1 aromatic carbocycles. The van der Waals surface area contributed by atoms with Gasteiger partial charge in [0.05, 0.1) is 0 Å². The lowest BCUT2D eigenvalue weighted by Crippen LogP contribution is -2.18. The molecule has 0 atom stereocenters. The van der Waals surface area contributed by atoms with Gasteiger partial charge in [0.1, 0.15) is 4.90 Å². The molecule has 0 unspecified atom stereocenters. The molecule has 0 heterocycles. The molecule has 0 aromatic heterocycles. The summed E-state index contributed by atoms with van der Waals surface area (Å²) in [6.07, 6.45) is 0. The molecule has 3 nitrogen and oxygen atoms in total. The van der Waals surface area contributed by atoms with Gasteiger partial charge >= 0.3 is 0 Å². The van der Waals surface area contributed by atoms with Gasteiger partial charge in [0.2, 0.25) is 0 Å². The summed E-state index contributed by atoms with van der Waals surface area (Å²) in [5, 5.41) is 0. The van der Waals surface area contributed by atoms with Crippen molar-refractivity contribution >= 4 is 153 Å². The molecule has 1 rings (SSSR count). The fourth-order valence-electron chi connectivity index (χ4n) is 1.49. The molecule has 22 heavy (non-hydrogen) atoms. The lowest BCUT2D eigenvalue weighted by molar-refractivity contribution is 0.481. The summed E-state index contributed by atoms with van der Waals surface area (Å²) in [6, 6.07) is 3.17. The minimum atomic E-state index is -4.52. The highest BCUT2D eigenvalue weighted by Gasteiger charge is 2.39. The lowest BCUT2D eigenvalue weighted by Gasteiger charge is -2.26. The average Bonchev–Trinajstić information content (AvgIpc) is 2.22. The Kier molecular flexibility index (Phi) is 8.36. The quantitative estimate of drug-likeness (QED) is 0.231. The van der Waals surface area contributed by atoms with Crippen LogP contribution in [0, 0.1) is 0 Å². The Morgan fingerprint density at radius 1 is 0.727 bits per heavy atom. The maximum Gasteiger partial charge on any atom is 0.295 e. The van der Waals surface area contributed by atoms with Crippen molar-refractivity contribution in [3.63, 3.8) is 0 Å². The number of rotatable bonds is 1. The van der Waals surface area contributed by atoms with Gasteiger partial charge in [-0.05, 0) is 17.7 Å². The van der Waals surface area contributed by atoms with Gasteiger partial charge in [-0.15, -0.1) is 0 Å². The Hall–Kier alpha value is 3.45. The first-order valence-corrected chi connectivity index (χ1v) is 13.4. The molecule has 1 aromatic rings. The van der Waals surface area contributed by atoms with Crippen LogP contribution in [0.4, 0.5) is 0 Å². The number of hydrogen-bond donors (Lipinski definition) is 1. The van der Waals surface area contributed by atoms with Crippen LogP contribution in [0.2, 0.25) is 0 Å². The second-order valence-electron chi connectivity index (χ2n) is 3.87. The van der Waals surface area contributed by atoms with E-state index in [1.807, 2.05) is 0 Å². The van der Waals surface area contributed by atoms with Crippen molar-refractivity contribution in [3.8, 4) is 0 Å². The van der Waals surface area contributed by atoms with Crippen LogP contribution >= 0.6 is 143 Å². The van der Waals surface area contributed by atoms with Gasteiger partial charge in [-0.2, -0.15) is 8.42 Å². The van der Waals surface area contributed by atoms with Gasteiger partial charge in [0.15, 0.2) is 6.43 Å². The maximum absolute atomic E-state index is 11.9. The molecular formula is C9H3Br9O3S. The van der Waals surface area contributed by atoms with Crippen molar-refractivity contribution in [2.24, 2.45) is 0 Å². The number of benzene rings is 1. The van der Waals surface area contributed by atoms with E-state index in [1.54, 1.807) is 12.1 Å². The van der Waals surface area contributed by atoms with Crippen molar-refractivity contribution in [1.82, 2.24) is 0 Å². The van der Waals surface area contributed by atoms with E-state index in [1.165, 1.54) is 0 Å². The molecule has 0 spiro atoms. The number of alkyl halides is 9. The summed E-state index contributed by atoms with van der Waals surface area (Å²) < 4.78 is 30.6. The lowest BCUT2D eigenvalue weighted by atomic mass is 10.1. The highest BCUT2D eigenvalue weighted by Crippen LogP contribution is 2.55. The molecule has 1 N–H and O–H groups in total. The SMILES string of the molecule is O=S(=O)(O)c1c(C(Br)(Br)Br)cc(C(Br)(Br)Br)cc1C(Br)(Br)Br. The van der Waals surface area contributed by atoms with E-state index >= 15 is 0 Å². The normalized spacial score (nSPS) is 14.3. The van der Waals surface area contributed by atoms with Gasteiger partial charge in [0.25, 0.3) is 10.1 Å². The van der Waals surface area contributed by atoms with Crippen LogP contribution in [0.5, 0.6) is 0 Å². The first-order chi connectivity index (χ1) is 9.45. The number of hydrogen-bond acceptors (Lipinski definition) is 2. The minimum Gasteiger partial charge on any atom is -0.282 e. The van der Waals surface area contributed by atoms with Crippen LogP contribution in [0.3, 0.4) is 0 Å². The molecule has 0 saturated heterocycles. The Balaban J connectivity index is 4.05. The molecule has 0 saturated carbocycles. The van der Waals surface area contributed by atoms with Crippen molar-refractivity contribution in [3.05, 3.63) is 28.8 Å². The summed E-state index contributed by atoms with van der Waals surface area (Å²) in [5.74, 6) is 0. The minimum absolute atomic E-state index is 0.243. The van der Waals surface area contributed by atoms with E-state index in [0.717, 1.165) is 0 Å². The van der Waals surface area contributed by atoms with Crippen LogP contribution in [-0.4, -0.2) is 13.0 Å². The van der Waals surface area contributed by atoms with E-state index < -0.39 is 16.5 Å². The third-order valence-electron chi connectivity index (χ3n) is 2.29. The fraction of sp³-hybridized carbons (Fsp3) is 0.333. The second-order valence-corrected chi connectivity index (χ2v) is 25.5. The Morgan fingerprint density at radius 2 is 1.05 bits per heavy atom. The number of halogens is 9. The van der Waals surface area contributed by atoms with Gasteiger partial charge < -0.3 is 0 Å². The van der Waals surface area contributed by atoms with Crippen LogP contribution < -0.4 is 0 Å². The van der Waals surface area contributed by atoms with Crippen molar-refractivity contribution in [2.45, 2.75) is 11.3 Å². The zero-order valence-electron chi connectivity index (χ0n) is 9.73. The van der Waals surface area contributed by atoms with Crippen molar-refractivity contribution in [1.29, 1.82) is 0 Å². The maximum atomic E-state index is 11.9. The molecule has 0 aliphatic carbocycles. The molecular weight excluding hydrogens is 907 g/mol. The Labute approximate surface area is 203 Å². The monoisotopic (exact) mass is 901 g/mol. The molecule has 0 bridgehead atoms. The topological polar surface area (TPSA) is 54.4 Å². The van der Waals surface area contributed by atoms with Crippen LogP contribution in [-0.2, 0) is 16.5 Å². The van der Waals surface area contributed by atoms with Gasteiger partial charge in [-0.3, -0.25) is 4.55 Å². The van der Waals surface area contributed by atoms with Crippen molar-refractivity contribution < 1.29 is 13.0 Å². The summed E-state index contributed by atoms with van der Waals surface area (Å²) in [5.41, 5.74) is 1.14. The Bertz CT molecular complexity index is 647. The first-order valence-electron chi connectivity index (χ1n) is 4.83. The third-order valence-corrected chi connectivity index (χ3v) is 7.18. The molecule has 0 aliphatic rings. The van der Waals surface area contributed by atoms with Crippen LogP contribution in [0.25, 0.3) is 0 Å². The third kappa shape index (κ3) is 6.26. The summed E-state index contributed by atoms with van der Waals surface area (Å²) in [4.78, 5) is -0.274. The second kappa shape index (κ2) is 7.83. The van der Waals surface area contributed by atoms with E-state index in [2.05, 4.69) is 143 Å². The van der Waals surface area contributed by atoms with Crippen LogP contribution in [0.1, 0.15) is 16.7 Å². The summed E-state index contributed by atoms with van der Waals surface area (Å²) >= 11 is 30.0. The molecule has 0 fully saturated rings. The summed E-state index contributed by atoms with van der Waals surface area (Å²) in [6.45, 7) is 0. The predicted octanol–water partition coefficient (Wildman–Crippen LogP) is 7.82. The fourth-order valence-corrected chi connectivity index (χ4v) is 5.82. The molecule has 0 radical (unpaired) electrons. The van der Waals surface area contributed by atoms with Crippen LogP contribution in [0.15, 0.2) is 17.0 Å². The summed E-state index contributed by atoms with van der Waals surface area (Å²) in [7, 11) is -4.52. The predicted molar refractivity (Wildman–Crippen MR) is 122 cm³/mol. The van der Waals surface area contributed by atoms with E-state index in [0.29, 0.717) is 5.56 Å². The van der Waals surface area contributed by atoms with E-state index in [9.17, 15) is 13.0 Å². The first kappa shape index (κ1) is 23.5. The smallest absolute Gasteiger partial charge is 0.282 e. The highest BCUT2D eigenvalue weighted by atomic mass is 80.0. The molecule has 0 aliphatic heterocycles. The molecule has 126 valence electrons. The van der Waals surface area contributed by atoms with E-state index in [4.69, 9.17) is 0 Å². The largest absolute Gasteiger partial charge is 0.295 e. The zero-order chi connectivity index (χ0) is 17.7. The highest BCUT2D eigenvalue weighted by molar-refractivity contribution is 9.39. The van der Waals surface area contributed by atoms with Gasteiger partial charge in [-0.1, -0.05) is 143 Å². The zero-order valence-corrected chi connectivity index (χ0v) is 24.8.